The number of hydrogen-bond acceptors (Lipinski definition) is 6. The van der Waals surface area contributed by atoms with Crippen molar-refractivity contribution in [2.75, 3.05) is 19.8 Å². The zero-order valence-electron chi connectivity index (χ0n) is 9.57. The lowest BCUT2D eigenvalue weighted by atomic mass is 10.3. The van der Waals surface area contributed by atoms with Crippen LogP contribution in [0.4, 0.5) is 0 Å². The van der Waals surface area contributed by atoms with Gasteiger partial charge in [-0.3, -0.25) is 0 Å². The molecule has 0 aromatic carbocycles. The van der Waals surface area contributed by atoms with E-state index in [1.54, 1.807) is 20.8 Å². The molecule has 0 aromatic rings. The molecule has 0 aliphatic carbocycles. The Balaban J connectivity index is 4.96. The van der Waals surface area contributed by atoms with Gasteiger partial charge in [0.05, 0.1) is 19.2 Å². The summed E-state index contributed by atoms with van der Waals surface area (Å²) in [7, 11) is 0. The highest BCUT2D eigenvalue weighted by atomic mass is 16.6. The van der Waals surface area contributed by atoms with E-state index in [0.29, 0.717) is 0 Å². The maximum Gasteiger partial charge on any atom is 0.347 e. The second-order valence-corrected chi connectivity index (χ2v) is 2.54. The standard InChI is InChI=1S/C10H16O6/c1-4-14-8(11)7(9(12)15-5-2)10(13)16-6-3/h11H,4-6H2,1-3H3/p-1. The molecule has 0 saturated carbocycles. The molecule has 0 fully saturated rings. The highest BCUT2D eigenvalue weighted by Crippen LogP contribution is 2.06. The molecule has 0 radical (unpaired) electrons. The highest BCUT2D eigenvalue weighted by molar-refractivity contribution is 6.14. The third kappa shape index (κ3) is 4.20. The first-order chi connectivity index (χ1) is 7.58. The van der Waals surface area contributed by atoms with E-state index in [0.717, 1.165) is 0 Å². The summed E-state index contributed by atoms with van der Waals surface area (Å²) in [6.07, 6.45) is 0. The highest BCUT2D eigenvalue weighted by Gasteiger charge is 2.23. The van der Waals surface area contributed by atoms with E-state index in [9.17, 15) is 14.7 Å². The molecule has 0 saturated heterocycles. The predicted molar refractivity (Wildman–Crippen MR) is 51.9 cm³/mol. The molecule has 0 aliphatic heterocycles. The van der Waals surface area contributed by atoms with E-state index in [1.165, 1.54) is 0 Å². The summed E-state index contributed by atoms with van der Waals surface area (Å²) < 4.78 is 13.7. The Labute approximate surface area is 93.8 Å². The Morgan fingerprint density at radius 2 is 1.25 bits per heavy atom. The van der Waals surface area contributed by atoms with Crippen LogP contribution in [0.3, 0.4) is 0 Å². The molecule has 0 spiro atoms. The van der Waals surface area contributed by atoms with Gasteiger partial charge < -0.3 is 19.3 Å². The van der Waals surface area contributed by atoms with Crippen molar-refractivity contribution in [3.05, 3.63) is 11.5 Å². The Morgan fingerprint density at radius 3 is 1.56 bits per heavy atom. The molecule has 6 heteroatoms. The number of hydrogen-bond donors (Lipinski definition) is 0. The zero-order valence-corrected chi connectivity index (χ0v) is 9.57. The molecule has 0 rings (SSSR count). The maximum absolute atomic E-state index is 11.3. The Hall–Kier alpha value is -1.72. The monoisotopic (exact) mass is 231 g/mol. The van der Waals surface area contributed by atoms with Gasteiger partial charge in [0.2, 0.25) is 0 Å². The smallest absolute Gasteiger partial charge is 0.347 e. The molecular formula is C10H15O6-. The summed E-state index contributed by atoms with van der Waals surface area (Å²) in [4.78, 5) is 22.6. The van der Waals surface area contributed by atoms with Gasteiger partial charge in [-0.25, -0.2) is 9.59 Å². The molecule has 0 unspecified atom stereocenters. The summed E-state index contributed by atoms with van der Waals surface area (Å²) in [5.74, 6) is -3.08. The van der Waals surface area contributed by atoms with E-state index in [1.807, 2.05) is 0 Å². The van der Waals surface area contributed by atoms with Crippen LogP contribution in [0, 0.1) is 0 Å². The van der Waals surface area contributed by atoms with Crippen molar-refractivity contribution >= 4 is 11.9 Å². The van der Waals surface area contributed by atoms with Crippen molar-refractivity contribution in [1.82, 2.24) is 0 Å². The Morgan fingerprint density at radius 1 is 0.875 bits per heavy atom. The average Bonchev–Trinajstić information content (AvgIpc) is 2.19. The van der Waals surface area contributed by atoms with Crippen LogP contribution in [0.15, 0.2) is 11.5 Å². The van der Waals surface area contributed by atoms with Crippen LogP contribution in [0.25, 0.3) is 0 Å². The Bertz CT molecular complexity index is 261. The number of ether oxygens (including phenoxy) is 3. The van der Waals surface area contributed by atoms with Crippen molar-refractivity contribution in [2.24, 2.45) is 0 Å². The van der Waals surface area contributed by atoms with Gasteiger partial charge in [0.15, 0.2) is 5.57 Å². The number of carbonyl (C=O) groups is 2. The third-order valence-electron chi connectivity index (χ3n) is 1.44. The molecule has 0 aliphatic rings. The van der Waals surface area contributed by atoms with Crippen molar-refractivity contribution in [3.63, 3.8) is 0 Å². The quantitative estimate of drug-likeness (QED) is 0.205. The van der Waals surface area contributed by atoms with Gasteiger partial charge in [0.25, 0.3) is 0 Å². The largest absolute Gasteiger partial charge is 0.613 e. The number of esters is 2. The summed E-state index contributed by atoms with van der Waals surface area (Å²) >= 11 is 0. The van der Waals surface area contributed by atoms with Gasteiger partial charge in [-0.1, -0.05) is 6.92 Å². The first kappa shape index (κ1) is 14.3. The lowest BCUT2D eigenvalue weighted by Gasteiger charge is -2.16. The predicted octanol–water partition coefficient (Wildman–Crippen LogP) is -0.279. The maximum atomic E-state index is 11.3. The van der Waals surface area contributed by atoms with Crippen LogP contribution in [-0.4, -0.2) is 31.8 Å². The van der Waals surface area contributed by atoms with E-state index in [-0.39, 0.29) is 19.8 Å². The second kappa shape index (κ2) is 7.56. The molecule has 6 nitrogen and oxygen atoms in total. The van der Waals surface area contributed by atoms with E-state index >= 15 is 0 Å². The third-order valence-corrected chi connectivity index (χ3v) is 1.44. The molecular weight excluding hydrogens is 216 g/mol. The van der Waals surface area contributed by atoms with E-state index in [2.05, 4.69) is 14.2 Å². The Kier molecular flexibility index (Phi) is 6.74. The second-order valence-electron chi connectivity index (χ2n) is 2.54. The van der Waals surface area contributed by atoms with Crippen LogP contribution in [0.1, 0.15) is 20.8 Å². The summed E-state index contributed by atoms with van der Waals surface area (Å²) in [5.41, 5.74) is -0.731. The van der Waals surface area contributed by atoms with Crippen LogP contribution < -0.4 is 5.11 Å². The van der Waals surface area contributed by atoms with Gasteiger partial charge in [0, 0.05) is 0 Å². The van der Waals surface area contributed by atoms with Crippen molar-refractivity contribution in [1.29, 1.82) is 0 Å². The zero-order chi connectivity index (χ0) is 12.6. The summed E-state index contributed by atoms with van der Waals surface area (Å²) in [6.45, 7) is 4.85. The van der Waals surface area contributed by atoms with Crippen LogP contribution in [0.2, 0.25) is 0 Å². The fourth-order valence-corrected chi connectivity index (χ4v) is 0.860. The molecule has 0 amide bonds. The van der Waals surface area contributed by atoms with Gasteiger partial charge >= 0.3 is 11.9 Å². The van der Waals surface area contributed by atoms with Crippen LogP contribution >= 0.6 is 0 Å². The van der Waals surface area contributed by atoms with Gasteiger partial charge in [-0.2, -0.15) is 0 Å². The lowest BCUT2D eigenvalue weighted by molar-refractivity contribution is -0.358. The SMILES string of the molecule is CCOC(=O)C(C(=O)OCC)=C([O-])OCC. The average molecular weight is 231 g/mol. The number of rotatable bonds is 6. The molecule has 0 aromatic heterocycles. The normalized spacial score (nSPS) is 9.19. The fraction of sp³-hybridized carbons (Fsp3) is 0.600. The molecule has 92 valence electrons. The summed E-state index contributed by atoms with van der Waals surface area (Å²) in [5, 5.41) is 11.3. The van der Waals surface area contributed by atoms with Crippen molar-refractivity contribution < 1.29 is 28.9 Å². The van der Waals surface area contributed by atoms with Crippen molar-refractivity contribution in [2.45, 2.75) is 20.8 Å². The van der Waals surface area contributed by atoms with Crippen LogP contribution in [-0.2, 0) is 23.8 Å². The summed E-state index contributed by atoms with van der Waals surface area (Å²) in [6, 6.07) is 0. The first-order valence-electron chi connectivity index (χ1n) is 4.96. The lowest BCUT2D eigenvalue weighted by Crippen LogP contribution is -2.25. The minimum Gasteiger partial charge on any atom is -0.613 e. The first-order valence-corrected chi connectivity index (χ1v) is 4.96. The molecule has 0 heterocycles. The fourth-order valence-electron chi connectivity index (χ4n) is 0.860. The topological polar surface area (TPSA) is 84.9 Å². The molecule has 0 atom stereocenters. The van der Waals surface area contributed by atoms with Gasteiger partial charge in [-0.15, -0.1) is 0 Å². The van der Waals surface area contributed by atoms with Crippen molar-refractivity contribution in [3.8, 4) is 0 Å². The molecule has 16 heavy (non-hydrogen) atoms. The van der Waals surface area contributed by atoms with E-state index in [4.69, 9.17) is 0 Å². The number of carbonyl (C=O) groups excluding carboxylic acids is 2. The van der Waals surface area contributed by atoms with Gasteiger partial charge in [0.1, 0.15) is 0 Å². The minimum absolute atomic E-state index is 0.0567. The molecule has 0 bridgehead atoms. The van der Waals surface area contributed by atoms with E-state index < -0.39 is 23.5 Å². The molecule has 0 N–H and O–H groups in total. The van der Waals surface area contributed by atoms with Crippen LogP contribution in [0.5, 0.6) is 0 Å². The van der Waals surface area contributed by atoms with Gasteiger partial charge in [-0.05, 0) is 20.5 Å². The minimum atomic E-state index is -1.03.